The first kappa shape index (κ1) is 18.6. The van der Waals surface area contributed by atoms with Gasteiger partial charge in [0.05, 0.1) is 16.8 Å². The van der Waals surface area contributed by atoms with Gasteiger partial charge in [-0.15, -0.1) is 10.2 Å². The zero-order chi connectivity index (χ0) is 20.4. The van der Waals surface area contributed by atoms with Crippen LogP contribution in [-0.4, -0.2) is 21.5 Å². The fourth-order valence-electron chi connectivity index (χ4n) is 3.00. The molecule has 1 heterocycles. The van der Waals surface area contributed by atoms with Gasteiger partial charge >= 0.3 is 0 Å². The van der Waals surface area contributed by atoms with Gasteiger partial charge in [-0.05, 0) is 29.9 Å². The van der Waals surface area contributed by atoms with Crippen molar-refractivity contribution < 1.29 is 14.7 Å². The van der Waals surface area contributed by atoms with Crippen LogP contribution in [0.1, 0.15) is 32.0 Å². The molecular weight excluding hydrogens is 386 g/mol. The Labute approximate surface area is 170 Å². The minimum atomic E-state index is -0.312. The highest BCUT2D eigenvalue weighted by atomic mass is 32.1. The number of carbonyl (C=O) groups is 2. The number of carbonyl (C=O) groups excluding carboxylic acids is 2. The molecule has 0 radical (unpaired) electrons. The molecule has 0 aliphatic carbocycles. The van der Waals surface area contributed by atoms with Gasteiger partial charge in [0.15, 0.2) is 22.8 Å². The third-order valence-electron chi connectivity index (χ3n) is 4.52. The summed E-state index contributed by atoms with van der Waals surface area (Å²) in [5.41, 5.74) is 1.70. The quantitative estimate of drug-likeness (QED) is 0.261. The van der Waals surface area contributed by atoms with Crippen molar-refractivity contribution in [3.8, 4) is 5.75 Å². The molecule has 1 aromatic heterocycles. The van der Waals surface area contributed by atoms with Crippen molar-refractivity contribution in [1.82, 2.24) is 4.37 Å². The Morgan fingerprint density at radius 3 is 2.55 bits per heavy atom. The molecule has 0 amide bonds. The maximum Gasteiger partial charge on any atom is 0.196 e. The van der Waals surface area contributed by atoms with Crippen LogP contribution in [0.2, 0.25) is 0 Å². The number of azo groups is 1. The minimum Gasteiger partial charge on any atom is -0.505 e. The van der Waals surface area contributed by atoms with Gasteiger partial charge in [-0.2, -0.15) is 4.37 Å². The highest BCUT2D eigenvalue weighted by Crippen LogP contribution is 2.40. The number of phenols is 1. The summed E-state index contributed by atoms with van der Waals surface area (Å²) < 4.78 is 4.11. The van der Waals surface area contributed by atoms with Gasteiger partial charge < -0.3 is 5.11 Å². The van der Waals surface area contributed by atoms with Crippen molar-refractivity contribution >= 4 is 45.1 Å². The Morgan fingerprint density at radius 2 is 1.79 bits per heavy atom. The number of fused-ring (bicyclic) bond motifs is 1. The molecule has 0 saturated carbocycles. The van der Waals surface area contributed by atoms with Gasteiger partial charge in [0, 0.05) is 10.9 Å². The normalized spacial score (nSPS) is 11.2. The maximum absolute atomic E-state index is 13.0. The van der Waals surface area contributed by atoms with E-state index in [0.29, 0.717) is 33.5 Å². The Morgan fingerprint density at radius 1 is 1.07 bits per heavy atom. The molecule has 0 spiro atoms. The third kappa shape index (κ3) is 3.43. The first-order chi connectivity index (χ1) is 14.1. The van der Waals surface area contributed by atoms with Crippen LogP contribution in [-0.2, 0) is 0 Å². The second-order valence-corrected chi connectivity index (χ2v) is 7.09. The number of hydrogen-bond acceptors (Lipinski definition) is 7. The topological polar surface area (TPSA) is 92.0 Å². The standard InChI is InChI=1S/C22H15N3O3S/c1-13-18(12-26)22(29-25-13)24-23-19-16-10-6-5-9-15(16)11-17(21(19)28)20(27)14-7-3-2-4-8-14/h2-12,28H,1H3. The van der Waals surface area contributed by atoms with Crippen LogP contribution < -0.4 is 0 Å². The Hall–Kier alpha value is -3.71. The van der Waals surface area contributed by atoms with E-state index < -0.39 is 0 Å². The van der Waals surface area contributed by atoms with E-state index in [2.05, 4.69) is 14.6 Å². The Balaban J connectivity index is 1.88. The van der Waals surface area contributed by atoms with Gasteiger partial charge in [-0.3, -0.25) is 9.59 Å². The lowest BCUT2D eigenvalue weighted by Crippen LogP contribution is -2.01. The summed E-state index contributed by atoms with van der Waals surface area (Å²) in [5.74, 6) is -0.567. The monoisotopic (exact) mass is 401 g/mol. The summed E-state index contributed by atoms with van der Waals surface area (Å²) in [5, 5.41) is 20.9. The number of rotatable bonds is 5. The third-order valence-corrected chi connectivity index (χ3v) is 5.36. The van der Waals surface area contributed by atoms with Gasteiger partial charge in [0.2, 0.25) is 0 Å². The fourth-order valence-corrected chi connectivity index (χ4v) is 3.70. The molecule has 7 heteroatoms. The second-order valence-electron chi connectivity index (χ2n) is 6.34. The summed E-state index contributed by atoms with van der Waals surface area (Å²) in [6, 6.07) is 17.6. The number of phenolic OH excluding ortho intramolecular Hbond substituents is 1. The summed E-state index contributed by atoms with van der Waals surface area (Å²) in [7, 11) is 0. The van der Waals surface area contributed by atoms with E-state index in [9.17, 15) is 14.7 Å². The first-order valence-corrected chi connectivity index (χ1v) is 9.55. The SMILES string of the molecule is Cc1nsc(N=Nc2c(O)c(C(=O)c3ccccc3)cc3ccccc23)c1C=O. The van der Waals surface area contributed by atoms with Gasteiger partial charge in [-0.1, -0.05) is 54.6 Å². The molecule has 4 aromatic rings. The number of aromatic nitrogens is 1. The average Bonchev–Trinajstić information content (AvgIpc) is 3.12. The van der Waals surface area contributed by atoms with E-state index in [1.807, 2.05) is 24.3 Å². The second kappa shape index (κ2) is 7.73. The number of nitrogens with zero attached hydrogens (tertiary/aromatic N) is 3. The highest BCUT2D eigenvalue weighted by Gasteiger charge is 2.19. The Bertz CT molecular complexity index is 1260. The first-order valence-electron chi connectivity index (χ1n) is 8.78. The van der Waals surface area contributed by atoms with Gasteiger partial charge in [0.25, 0.3) is 0 Å². The highest BCUT2D eigenvalue weighted by molar-refractivity contribution is 7.10. The molecule has 0 atom stereocenters. The minimum absolute atomic E-state index is 0.139. The van der Waals surface area contributed by atoms with E-state index >= 15 is 0 Å². The largest absolute Gasteiger partial charge is 0.505 e. The fraction of sp³-hybridized carbons (Fsp3) is 0.0455. The molecule has 0 bridgehead atoms. The lowest BCUT2D eigenvalue weighted by atomic mass is 9.97. The average molecular weight is 401 g/mol. The molecule has 29 heavy (non-hydrogen) atoms. The summed E-state index contributed by atoms with van der Waals surface area (Å²) in [6.45, 7) is 1.71. The van der Waals surface area contributed by atoms with E-state index in [4.69, 9.17) is 0 Å². The maximum atomic E-state index is 13.0. The zero-order valence-corrected chi connectivity index (χ0v) is 16.2. The molecule has 0 aliphatic rings. The summed E-state index contributed by atoms with van der Waals surface area (Å²) in [4.78, 5) is 24.2. The molecule has 3 aromatic carbocycles. The van der Waals surface area contributed by atoms with Crippen LogP contribution >= 0.6 is 11.5 Å². The van der Waals surface area contributed by atoms with E-state index in [-0.39, 0.29) is 22.8 Å². The van der Waals surface area contributed by atoms with Crippen LogP contribution in [0.3, 0.4) is 0 Å². The molecule has 0 aliphatic heterocycles. The molecule has 4 rings (SSSR count). The van der Waals surface area contributed by atoms with Crippen molar-refractivity contribution in [2.45, 2.75) is 6.92 Å². The Kier molecular flexibility index (Phi) is 4.97. The van der Waals surface area contributed by atoms with Crippen molar-refractivity contribution in [1.29, 1.82) is 0 Å². The van der Waals surface area contributed by atoms with Gasteiger partial charge in [0.1, 0.15) is 5.69 Å². The van der Waals surface area contributed by atoms with E-state index in [1.165, 1.54) is 0 Å². The molecular formula is C22H15N3O3S. The predicted molar refractivity (Wildman–Crippen MR) is 112 cm³/mol. The van der Waals surface area contributed by atoms with Gasteiger partial charge in [-0.25, -0.2) is 0 Å². The molecule has 1 N–H and O–H groups in total. The van der Waals surface area contributed by atoms with Crippen LogP contribution in [0, 0.1) is 6.92 Å². The summed E-state index contributed by atoms with van der Waals surface area (Å²) in [6.07, 6.45) is 0.681. The number of ketones is 1. The van der Waals surface area contributed by atoms with Crippen molar-refractivity contribution in [2.75, 3.05) is 0 Å². The number of aryl methyl sites for hydroxylation is 1. The van der Waals surface area contributed by atoms with Crippen molar-refractivity contribution in [3.63, 3.8) is 0 Å². The molecule has 0 fully saturated rings. The lowest BCUT2D eigenvalue weighted by molar-refractivity contribution is 0.103. The number of hydrogen-bond donors (Lipinski definition) is 1. The predicted octanol–water partition coefficient (Wildman–Crippen LogP) is 5.77. The van der Waals surface area contributed by atoms with E-state index in [1.54, 1.807) is 43.3 Å². The van der Waals surface area contributed by atoms with Crippen molar-refractivity contribution in [2.24, 2.45) is 10.2 Å². The van der Waals surface area contributed by atoms with Crippen LogP contribution in [0.5, 0.6) is 5.75 Å². The van der Waals surface area contributed by atoms with Crippen LogP contribution in [0.25, 0.3) is 10.8 Å². The number of benzene rings is 3. The number of aldehydes is 1. The summed E-state index contributed by atoms with van der Waals surface area (Å²) >= 11 is 1.05. The zero-order valence-electron chi connectivity index (χ0n) is 15.4. The van der Waals surface area contributed by atoms with Crippen LogP contribution in [0.4, 0.5) is 10.7 Å². The lowest BCUT2D eigenvalue weighted by Gasteiger charge is -2.10. The smallest absolute Gasteiger partial charge is 0.196 e. The number of aromatic hydroxyl groups is 1. The van der Waals surface area contributed by atoms with Crippen LogP contribution in [0.15, 0.2) is 70.9 Å². The molecule has 6 nitrogen and oxygen atoms in total. The molecule has 142 valence electrons. The van der Waals surface area contributed by atoms with Crippen molar-refractivity contribution in [3.05, 3.63) is 83.0 Å². The molecule has 0 saturated heterocycles. The molecule has 0 unspecified atom stereocenters. The van der Waals surface area contributed by atoms with E-state index in [0.717, 1.165) is 16.9 Å².